The van der Waals surface area contributed by atoms with Crippen molar-refractivity contribution in [1.29, 1.82) is 0 Å². The number of alkyl halides is 3. The van der Waals surface area contributed by atoms with Crippen LogP contribution in [0.25, 0.3) is 0 Å². The third-order valence-corrected chi connectivity index (χ3v) is 2.06. The van der Waals surface area contributed by atoms with Crippen molar-refractivity contribution in [3.05, 3.63) is 34.6 Å². The molecule has 1 aromatic rings. The van der Waals surface area contributed by atoms with E-state index in [1.54, 1.807) is 0 Å². The minimum atomic E-state index is -4.75. The molecule has 3 N–H and O–H groups in total. The predicted octanol–water partition coefficient (Wildman–Crippen LogP) is 2.32. The lowest BCUT2D eigenvalue weighted by Gasteiger charge is -2.10. The molecule has 98 valence electrons. The normalized spacial score (nSPS) is 11.8. The van der Waals surface area contributed by atoms with Gasteiger partial charge >= 0.3 is 6.18 Å². The fourth-order valence-electron chi connectivity index (χ4n) is 1.25. The summed E-state index contributed by atoms with van der Waals surface area (Å²) in [6, 6.07) is 1.89. The van der Waals surface area contributed by atoms with E-state index < -0.39 is 17.6 Å². The van der Waals surface area contributed by atoms with E-state index in [-0.39, 0.29) is 16.2 Å². The number of rotatable bonds is 2. The average molecular weight is 279 g/mol. The van der Waals surface area contributed by atoms with Gasteiger partial charge in [-0.15, -0.1) is 0 Å². The zero-order chi connectivity index (χ0) is 13.9. The SMILES string of the molecule is Cc1cc(C=NNC(N)=S)cc(C(F)(F)F)c1F. The molecule has 8 heteroatoms. The molecule has 0 unspecified atom stereocenters. The Bertz CT molecular complexity index is 497. The zero-order valence-electron chi connectivity index (χ0n) is 9.18. The van der Waals surface area contributed by atoms with Crippen LogP contribution in [0.3, 0.4) is 0 Å². The second-order valence-electron chi connectivity index (χ2n) is 3.43. The van der Waals surface area contributed by atoms with Crippen molar-refractivity contribution < 1.29 is 17.6 Å². The summed E-state index contributed by atoms with van der Waals surface area (Å²) in [6.07, 6.45) is -3.68. The van der Waals surface area contributed by atoms with Crippen LogP contribution in [0.1, 0.15) is 16.7 Å². The van der Waals surface area contributed by atoms with Crippen LogP contribution in [-0.2, 0) is 6.18 Å². The second-order valence-corrected chi connectivity index (χ2v) is 3.87. The fraction of sp³-hybridized carbons (Fsp3) is 0.200. The largest absolute Gasteiger partial charge is 0.419 e. The lowest BCUT2D eigenvalue weighted by molar-refractivity contribution is -0.140. The molecule has 0 aromatic heterocycles. The number of benzene rings is 1. The molecule has 0 saturated heterocycles. The lowest BCUT2D eigenvalue weighted by atomic mass is 10.1. The Hall–Kier alpha value is -1.70. The highest BCUT2D eigenvalue weighted by Crippen LogP contribution is 2.32. The average Bonchev–Trinajstić information content (AvgIpc) is 2.20. The molecular weight excluding hydrogens is 270 g/mol. The van der Waals surface area contributed by atoms with Gasteiger partial charge in [0.25, 0.3) is 0 Å². The highest BCUT2D eigenvalue weighted by Gasteiger charge is 2.34. The summed E-state index contributed by atoms with van der Waals surface area (Å²) < 4.78 is 50.9. The second kappa shape index (κ2) is 5.30. The van der Waals surface area contributed by atoms with Crippen molar-refractivity contribution in [1.82, 2.24) is 5.43 Å². The Morgan fingerprint density at radius 2 is 2.06 bits per heavy atom. The lowest BCUT2D eigenvalue weighted by Crippen LogP contribution is -2.24. The number of nitrogens with one attached hydrogen (secondary N) is 1. The molecule has 0 atom stereocenters. The minimum Gasteiger partial charge on any atom is -0.375 e. The molecule has 0 aliphatic heterocycles. The number of nitrogens with zero attached hydrogens (tertiary/aromatic N) is 1. The van der Waals surface area contributed by atoms with E-state index >= 15 is 0 Å². The van der Waals surface area contributed by atoms with E-state index in [2.05, 4.69) is 22.7 Å². The Kier molecular flexibility index (Phi) is 4.23. The van der Waals surface area contributed by atoms with E-state index in [0.717, 1.165) is 6.21 Å². The van der Waals surface area contributed by atoms with E-state index in [1.807, 2.05) is 0 Å². The molecular formula is C10H9F4N3S. The molecule has 18 heavy (non-hydrogen) atoms. The Morgan fingerprint density at radius 1 is 1.44 bits per heavy atom. The summed E-state index contributed by atoms with van der Waals surface area (Å²) in [5, 5.41) is 3.38. The van der Waals surface area contributed by atoms with Crippen molar-refractivity contribution >= 4 is 23.5 Å². The summed E-state index contributed by atoms with van der Waals surface area (Å²) in [6.45, 7) is 1.24. The van der Waals surface area contributed by atoms with Gasteiger partial charge in [-0.05, 0) is 42.4 Å². The number of hydrogen-bond acceptors (Lipinski definition) is 2. The molecule has 0 aliphatic rings. The quantitative estimate of drug-likeness (QED) is 0.378. The summed E-state index contributed by atoms with van der Waals surface area (Å²) in [5.74, 6) is -1.29. The molecule has 0 bridgehead atoms. The molecule has 0 aliphatic carbocycles. The van der Waals surface area contributed by atoms with Crippen molar-refractivity contribution in [3.8, 4) is 0 Å². The van der Waals surface area contributed by atoms with Crippen LogP contribution in [0.2, 0.25) is 0 Å². The van der Waals surface area contributed by atoms with Gasteiger partial charge in [-0.3, -0.25) is 5.43 Å². The maximum Gasteiger partial charge on any atom is 0.419 e. The number of thiocarbonyl (C=S) groups is 1. The van der Waals surface area contributed by atoms with Crippen LogP contribution >= 0.6 is 12.2 Å². The number of hydrazone groups is 1. The highest BCUT2D eigenvalue weighted by atomic mass is 32.1. The smallest absolute Gasteiger partial charge is 0.375 e. The van der Waals surface area contributed by atoms with Crippen LogP contribution in [0.5, 0.6) is 0 Å². The predicted molar refractivity (Wildman–Crippen MR) is 63.7 cm³/mol. The molecule has 3 nitrogen and oxygen atoms in total. The standard InChI is InChI=1S/C10H9F4N3S/c1-5-2-6(4-16-17-9(15)18)3-7(8(5)11)10(12,13)14/h2-4H,1H3,(H3,15,17,18). The van der Waals surface area contributed by atoms with Gasteiger partial charge in [0.1, 0.15) is 5.82 Å². The first-order valence-electron chi connectivity index (χ1n) is 4.67. The number of halogens is 4. The monoisotopic (exact) mass is 279 g/mol. The summed E-state index contributed by atoms with van der Waals surface area (Å²) in [5.41, 5.74) is 5.90. The summed E-state index contributed by atoms with van der Waals surface area (Å²) >= 11 is 4.46. The van der Waals surface area contributed by atoms with E-state index in [4.69, 9.17) is 5.73 Å². The Balaban J connectivity index is 3.13. The van der Waals surface area contributed by atoms with Crippen LogP contribution < -0.4 is 11.2 Å². The van der Waals surface area contributed by atoms with E-state index in [1.165, 1.54) is 13.0 Å². The van der Waals surface area contributed by atoms with Crippen LogP contribution in [0.4, 0.5) is 17.6 Å². The summed E-state index contributed by atoms with van der Waals surface area (Å²) in [7, 11) is 0. The van der Waals surface area contributed by atoms with Crippen LogP contribution in [-0.4, -0.2) is 11.3 Å². The van der Waals surface area contributed by atoms with Crippen molar-refractivity contribution in [2.24, 2.45) is 10.8 Å². The number of hydrogen-bond donors (Lipinski definition) is 2. The van der Waals surface area contributed by atoms with Crippen LogP contribution in [0, 0.1) is 12.7 Å². The van der Waals surface area contributed by atoms with Crippen molar-refractivity contribution in [2.45, 2.75) is 13.1 Å². The number of aryl methyl sites for hydroxylation is 1. The molecule has 0 spiro atoms. The van der Waals surface area contributed by atoms with Gasteiger partial charge in [0.05, 0.1) is 11.8 Å². The summed E-state index contributed by atoms with van der Waals surface area (Å²) in [4.78, 5) is 0. The van der Waals surface area contributed by atoms with Gasteiger partial charge in [0, 0.05) is 0 Å². The van der Waals surface area contributed by atoms with Gasteiger partial charge in [0.15, 0.2) is 5.11 Å². The highest BCUT2D eigenvalue weighted by molar-refractivity contribution is 7.80. The number of nitrogens with two attached hydrogens (primary N) is 1. The van der Waals surface area contributed by atoms with Crippen molar-refractivity contribution in [3.63, 3.8) is 0 Å². The molecule has 0 radical (unpaired) electrons. The molecule has 1 rings (SSSR count). The molecule has 0 fully saturated rings. The minimum absolute atomic E-state index is 0.0879. The third-order valence-electron chi connectivity index (χ3n) is 1.97. The third kappa shape index (κ3) is 3.66. The van der Waals surface area contributed by atoms with Gasteiger partial charge in [-0.1, -0.05) is 0 Å². The maximum atomic E-state index is 13.3. The van der Waals surface area contributed by atoms with Gasteiger partial charge < -0.3 is 5.73 Å². The fourth-order valence-corrected chi connectivity index (χ4v) is 1.30. The Labute approximate surface area is 106 Å². The van der Waals surface area contributed by atoms with E-state index in [9.17, 15) is 17.6 Å². The molecule has 0 saturated carbocycles. The van der Waals surface area contributed by atoms with Gasteiger partial charge in [-0.25, -0.2) is 4.39 Å². The molecule has 0 heterocycles. The zero-order valence-corrected chi connectivity index (χ0v) is 9.99. The van der Waals surface area contributed by atoms with Crippen molar-refractivity contribution in [2.75, 3.05) is 0 Å². The van der Waals surface area contributed by atoms with Gasteiger partial charge in [0.2, 0.25) is 0 Å². The van der Waals surface area contributed by atoms with Crippen LogP contribution in [0.15, 0.2) is 17.2 Å². The first-order chi connectivity index (χ1) is 8.21. The molecule has 1 aromatic carbocycles. The maximum absolute atomic E-state index is 13.3. The van der Waals surface area contributed by atoms with Gasteiger partial charge in [-0.2, -0.15) is 18.3 Å². The first-order valence-corrected chi connectivity index (χ1v) is 5.08. The molecule has 0 amide bonds. The first kappa shape index (κ1) is 14.4. The Morgan fingerprint density at radius 3 is 2.56 bits per heavy atom. The van der Waals surface area contributed by atoms with E-state index in [0.29, 0.717) is 6.07 Å². The topological polar surface area (TPSA) is 50.4 Å².